The normalized spacial score (nSPS) is 17.1. The fourth-order valence-corrected chi connectivity index (χ4v) is 3.73. The largest absolute Gasteiger partial charge is 0.497 e. The van der Waals surface area contributed by atoms with Crippen LogP contribution in [0.3, 0.4) is 0 Å². The number of methoxy groups -OCH3 is 1. The average Bonchev–Trinajstić information content (AvgIpc) is 3.17. The van der Waals surface area contributed by atoms with Crippen molar-refractivity contribution in [3.05, 3.63) is 66.4 Å². The third kappa shape index (κ3) is 3.78. The van der Waals surface area contributed by atoms with Crippen molar-refractivity contribution in [2.24, 2.45) is 0 Å². The van der Waals surface area contributed by atoms with E-state index in [1.807, 2.05) is 36.5 Å². The topological polar surface area (TPSA) is 54.5 Å². The van der Waals surface area contributed by atoms with Gasteiger partial charge >= 0.3 is 0 Å². The van der Waals surface area contributed by atoms with E-state index in [0.717, 1.165) is 53.8 Å². The molecule has 138 valence electrons. The molecule has 1 fully saturated rings. The highest BCUT2D eigenvalue weighted by atomic mass is 16.5. The number of benzene rings is 2. The summed E-state index contributed by atoms with van der Waals surface area (Å²) >= 11 is 0. The first kappa shape index (κ1) is 17.5. The maximum Gasteiger partial charge on any atom is 0.241 e. The molecule has 1 aliphatic heterocycles. The van der Waals surface area contributed by atoms with Crippen LogP contribution in [-0.4, -0.2) is 35.5 Å². The van der Waals surface area contributed by atoms with Crippen molar-refractivity contribution in [2.45, 2.75) is 25.4 Å². The molecule has 5 nitrogen and oxygen atoms in total. The third-order valence-corrected chi connectivity index (χ3v) is 5.11. The highest BCUT2D eigenvalue weighted by molar-refractivity contribution is 5.95. The van der Waals surface area contributed by atoms with E-state index in [-0.39, 0.29) is 11.9 Å². The molecule has 1 aliphatic rings. The zero-order chi connectivity index (χ0) is 18.6. The Bertz CT molecular complexity index is 934. The van der Waals surface area contributed by atoms with E-state index in [1.54, 1.807) is 7.11 Å². The van der Waals surface area contributed by atoms with Gasteiger partial charge < -0.3 is 10.1 Å². The Morgan fingerprint density at radius 3 is 2.81 bits per heavy atom. The minimum absolute atomic E-state index is 0.0471. The lowest BCUT2D eigenvalue weighted by molar-refractivity contribution is -0.120. The first-order valence-corrected chi connectivity index (χ1v) is 9.26. The molecule has 27 heavy (non-hydrogen) atoms. The van der Waals surface area contributed by atoms with Gasteiger partial charge in [-0.05, 0) is 55.3 Å². The number of aromatic nitrogens is 1. The lowest BCUT2D eigenvalue weighted by Crippen LogP contribution is -2.39. The van der Waals surface area contributed by atoms with Gasteiger partial charge in [-0.2, -0.15) is 0 Å². The molecule has 5 heteroatoms. The Labute approximate surface area is 159 Å². The monoisotopic (exact) mass is 361 g/mol. The highest BCUT2D eigenvalue weighted by Gasteiger charge is 2.31. The number of ether oxygens (including phenoxy) is 1. The quantitative estimate of drug-likeness (QED) is 0.750. The van der Waals surface area contributed by atoms with Gasteiger partial charge in [0.2, 0.25) is 5.91 Å². The van der Waals surface area contributed by atoms with Crippen molar-refractivity contribution in [3.63, 3.8) is 0 Å². The van der Waals surface area contributed by atoms with Gasteiger partial charge in [-0.1, -0.05) is 24.3 Å². The number of nitrogens with one attached hydrogen (secondary N) is 1. The summed E-state index contributed by atoms with van der Waals surface area (Å²) in [5.74, 6) is 0.824. The van der Waals surface area contributed by atoms with Crippen LogP contribution in [0, 0.1) is 0 Å². The smallest absolute Gasteiger partial charge is 0.241 e. The molecule has 2 aromatic carbocycles. The van der Waals surface area contributed by atoms with Crippen molar-refractivity contribution < 1.29 is 9.53 Å². The molecule has 1 saturated heterocycles. The lowest BCUT2D eigenvalue weighted by atomic mass is 10.1. The van der Waals surface area contributed by atoms with E-state index in [9.17, 15) is 4.79 Å². The second-order valence-corrected chi connectivity index (χ2v) is 6.84. The van der Waals surface area contributed by atoms with Crippen LogP contribution in [-0.2, 0) is 11.3 Å². The SMILES string of the molecule is COc1ccc(NC(=O)C2CCCN2Cc2cccc3cccnc23)cc1. The molecule has 0 radical (unpaired) electrons. The first-order chi connectivity index (χ1) is 13.2. The molecule has 3 aromatic rings. The highest BCUT2D eigenvalue weighted by Crippen LogP contribution is 2.25. The third-order valence-electron chi connectivity index (χ3n) is 5.11. The van der Waals surface area contributed by atoms with Gasteiger partial charge in [-0.15, -0.1) is 0 Å². The summed E-state index contributed by atoms with van der Waals surface area (Å²) in [6.07, 6.45) is 3.72. The summed E-state index contributed by atoms with van der Waals surface area (Å²) < 4.78 is 5.17. The van der Waals surface area contributed by atoms with Crippen LogP contribution in [0.25, 0.3) is 10.9 Å². The molecule has 0 spiro atoms. The molecule has 0 bridgehead atoms. The summed E-state index contributed by atoms with van der Waals surface area (Å²) in [5, 5.41) is 4.17. The number of hydrogen-bond acceptors (Lipinski definition) is 4. The Morgan fingerprint density at radius 1 is 1.19 bits per heavy atom. The molecule has 4 rings (SSSR count). The summed E-state index contributed by atoms with van der Waals surface area (Å²) in [5.41, 5.74) is 2.97. The van der Waals surface area contributed by atoms with Crippen LogP contribution >= 0.6 is 0 Å². The summed E-state index contributed by atoms with van der Waals surface area (Å²) in [6.45, 7) is 1.65. The summed E-state index contributed by atoms with van der Waals surface area (Å²) in [4.78, 5) is 19.6. The maximum atomic E-state index is 12.8. The number of carbonyl (C=O) groups excluding carboxylic acids is 1. The molecule has 0 aliphatic carbocycles. The molecular formula is C22H23N3O2. The van der Waals surface area contributed by atoms with E-state index >= 15 is 0 Å². The molecule has 1 N–H and O–H groups in total. The number of nitrogens with zero attached hydrogens (tertiary/aromatic N) is 2. The Morgan fingerprint density at radius 2 is 2.00 bits per heavy atom. The van der Waals surface area contributed by atoms with Gasteiger partial charge in [0.1, 0.15) is 5.75 Å². The van der Waals surface area contributed by atoms with E-state index in [1.165, 1.54) is 0 Å². The number of rotatable bonds is 5. The second-order valence-electron chi connectivity index (χ2n) is 6.84. The number of hydrogen-bond donors (Lipinski definition) is 1. The van der Waals surface area contributed by atoms with Gasteiger partial charge in [0.05, 0.1) is 18.7 Å². The molecular weight excluding hydrogens is 338 g/mol. The first-order valence-electron chi connectivity index (χ1n) is 9.26. The van der Waals surface area contributed by atoms with Gasteiger partial charge in [-0.3, -0.25) is 14.7 Å². The van der Waals surface area contributed by atoms with E-state index in [4.69, 9.17) is 4.74 Å². The minimum atomic E-state index is -0.119. The van der Waals surface area contributed by atoms with E-state index in [0.29, 0.717) is 0 Å². The fourth-order valence-electron chi connectivity index (χ4n) is 3.73. The minimum Gasteiger partial charge on any atom is -0.497 e. The fraction of sp³-hybridized carbons (Fsp3) is 0.273. The van der Waals surface area contributed by atoms with Gasteiger partial charge in [-0.25, -0.2) is 0 Å². The van der Waals surface area contributed by atoms with Crippen LogP contribution in [0.15, 0.2) is 60.8 Å². The summed E-state index contributed by atoms with van der Waals surface area (Å²) in [7, 11) is 1.63. The standard InChI is InChI=1S/C22H23N3O2/c1-27-19-11-9-18(10-12-19)24-22(26)20-8-4-14-25(20)15-17-6-2-5-16-7-3-13-23-21(16)17/h2-3,5-7,9-13,20H,4,8,14-15H2,1H3,(H,24,26). The molecule has 1 unspecified atom stereocenters. The number of amides is 1. The summed E-state index contributed by atoms with van der Waals surface area (Å²) in [6, 6.07) is 17.6. The Kier molecular flexibility index (Phi) is 5.03. The number of fused-ring (bicyclic) bond motifs is 1. The van der Waals surface area contributed by atoms with Crippen molar-refractivity contribution in [2.75, 3.05) is 19.0 Å². The predicted molar refractivity (Wildman–Crippen MR) is 107 cm³/mol. The molecule has 1 atom stereocenters. The lowest BCUT2D eigenvalue weighted by Gasteiger charge is -2.24. The molecule has 1 amide bonds. The molecule has 0 saturated carbocycles. The zero-order valence-electron chi connectivity index (χ0n) is 15.4. The number of anilines is 1. The second kappa shape index (κ2) is 7.76. The maximum absolute atomic E-state index is 12.8. The van der Waals surface area contributed by atoms with E-state index < -0.39 is 0 Å². The molecule has 2 heterocycles. The van der Waals surface area contributed by atoms with Gasteiger partial charge in [0.25, 0.3) is 0 Å². The Balaban J connectivity index is 1.48. The van der Waals surface area contributed by atoms with Crippen LogP contribution < -0.4 is 10.1 Å². The van der Waals surface area contributed by atoms with Crippen LogP contribution in [0.4, 0.5) is 5.69 Å². The zero-order valence-corrected chi connectivity index (χ0v) is 15.4. The van der Waals surface area contributed by atoms with Crippen LogP contribution in [0.2, 0.25) is 0 Å². The number of pyridine rings is 1. The van der Waals surface area contributed by atoms with E-state index in [2.05, 4.69) is 39.5 Å². The number of likely N-dealkylation sites (tertiary alicyclic amines) is 1. The predicted octanol–water partition coefficient (Wildman–Crippen LogP) is 3.85. The number of carbonyl (C=O) groups is 1. The average molecular weight is 361 g/mol. The Hall–Kier alpha value is -2.92. The van der Waals surface area contributed by atoms with Crippen molar-refractivity contribution >= 4 is 22.5 Å². The number of para-hydroxylation sites is 1. The van der Waals surface area contributed by atoms with Crippen molar-refractivity contribution in [3.8, 4) is 5.75 Å². The van der Waals surface area contributed by atoms with Gasteiger partial charge in [0, 0.05) is 23.8 Å². The van der Waals surface area contributed by atoms with Crippen molar-refractivity contribution in [1.82, 2.24) is 9.88 Å². The van der Waals surface area contributed by atoms with Crippen LogP contribution in [0.5, 0.6) is 5.75 Å². The molecule has 1 aromatic heterocycles. The van der Waals surface area contributed by atoms with Crippen molar-refractivity contribution in [1.29, 1.82) is 0 Å². The van der Waals surface area contributed by atoms with Gasteiger partial charge in [0.15, 0.2) is 0 Å². The van der Waals surface area contributed by atoms with Crippen LogP contribution in [0.1, 0.15) is 18.4 Å².